The maximum Gasteiger partial charge on any atom is 0.278 e. The minimum atomic E-state index is -0.761. The van der Waals surface area contributed by atoms with Gasteiger partial charge in [0.15, 0.2) is 11.5 Å². The number of aliphatic hydroxyl groups is 1. The van der Waals surface area contributed by atoms with E-state index in [2.05, 4.69) is 56.6 Å². The fraction of sp³-hybridized carbons (Fsp3) is 0.434. The number of aliphatic hydroxyl groups excluding tert-OH is 1. The fourth-order valence-corrected chi connectivity index (χ4v) is 10.3. The van der Waals surface area contributed by atoms with Crippen molar-refractivity contribution in [3.63, 3.8) is 0 Å². The topological polar surface area (TPSA) is 192 Å². The molecule has 1 saturated heterocycles. The highest BCUT2D eigenvalue weighted by Crippen LogP contribution is 2.32. The molecule has 2 aliphatic rings. The minimum Gasteiger partial charge on any atom is -0.387 e. The Balaban J connectivity index is 0.787. The van der Waals surface area contributed by atoms with Crippen molar-refractivity contribution < 1.29 is 19.5 Å². The third kappa shape index (κ3) is 11.0. The number of nitrogens with one attached hydrogen (secondary N) is 3. The lowest BCUT2D eigenvalue weighted by atomic mass is 9.85. The predicted octanol–water partition coefficient (Wildman–Crippen LogP) is 8.10. The Morgan fingerprint density at radius 3 is 2.44 bits per heavy atom. The van der Waals surface area contributed by atoms with E-state index in [4.69, 9.17) is 9.97 Å². The van der Waals surface area contributed by atoms with Gasteiger partial charge >= 0.3 is 0 Å². The number of allylic oxidation sites excluding steroid dienone is 1. The number of nitrogens with zero attached hydrogens (tertiary/aromatic N) is 8. The van der Waals surface area contributed by atoms with Gasteiger partial charge in [-0.2, -0.15) is 4.98 Å². The first-order chi connectivity index (χ1) is 33.6. The van der Waals surface area contributed by atoms with Crippen LogP contribution in [0.3, 0.4) is 0 Å². The second kappa shape index (κ2) is 21.5. The van der Waals surface area contributed by atoms with Crippen LogP contribution in [0.2, 0.25) is 0 Å². The number of likely N-dealkylation sites (tertiary alicyclic amines) is 1. The number of aryl methyl sites for hydroxylation is 2. The molecule has 16 nitrogen and oxygen atoms in total. The molecule has 0 radical (unpaired) electrons. The lowest BCUT2D eigenvalue weighted by Gasteiger charge is -2.35. The van der Waals surface area contributed by atoms with Crippen molar-refractivity contribution >= 4 is 57.4 Å². The number of aromatic nitrogens is 6. The Bertz CT molecular complexity index is 2900. The van der Waals surface area contributed by atoms with Gasteiger partial charge in [0.25, 0.3) is 5.56 Å². The van der Waals surface area contributed by atoms with Crippen molar-refractivity contribution in [1.82, 2.24) is 44.8 Å². The third-order valence-electron chi connectivity index (χ3n) is 13.4. The van der Waals surface area contributed by atoms with Gasteiger partial charge in [0.1, 0.15) is 17.5 Å². The smallest absolute Gasteiger partial charge is 0.278 e. The van der Waals surface area contributed by atoms with E-state index >= 15 is 0 Å². The van der Waals surface area contributed by atoms with E-state index < -0.39 is 23.6 Å². The molecule has 4 atom stereocenters. The SMILES string of the molecule is C=CCn1c(=O)c2cnc(Nc3ccc(N(C)CCCCCCC(=O)NC(C(=O)N4CCCC4C(=O)NC(C)c4ccc(-c5scnc5C)cc4)C(C)(C)C)cc3)nc2n1-c1ccc2c(n1)C(O)CC2. The summed E-state index contributed by atoms with van der Waals surface area (Å²) >= 11 is 1.60. The fourth-order valence-electron chi connectivity index (χ4n) is 9.44. The van der Waals surface area contributed by atoms with E-state index in [0.29, 0.717) is 60.7 Å². The van der Waals surface area contributed by atoms with Crippen LogP contribution >= 0.6 is 11.3 Å². The number of carbonyl (C=O) groups is 3. The van der Waals surface area contributed by atoms with Crippen LogP contribution in [0.15, 0.2) is 89.8 Å². The minimum absolute atomic E-state index is 0.160. The molecule has 70 heavy (non-hydrogen) atoms. The summed E-state index contributed by atoms with van der Waals surface area (Å²) in [6, 6.07) is 18.3. The molecular weight excluding hydrogens is 903 g/mol. The number of anilines is 3. The third-order valence-corrected chi connectivity index (χ3v) is 14.4. The maximum atomic E-state index is 14.1. The summed E-state index contributed by atoms with van der Waals surface area (Å²) in [7, 11) is 2.05. The number of hydrogen-bond donors (Lipinski definition) is 4. The average molecular weight is 968 g/mol. The highest BCUT2D eigenvalue weighted by atomic mass is 32.1. The van der Waals surface area contributed by atoms with Gasteiger partial charge in [-0.25, -0.2) is 24.3 Å². The predicted molar refractivity (Wildman–Crippen MR) is 275 cm³/mol. The Hall–Kier alpha value is -6.72. The molecule has 4 N–H and O–H groups in total. The van der Waals surface area contributed by atoms with Crippen molar-refractivity contribution in [2.75, 3.05) is 30.4 Å². The number of benzene rings is 2. The van der Waals surface area contributed by atoms with Crippen LogP contribution in [-0.4, -0.2) is 89.2 Å². The normalized spacial score (nSPS) is 16.5. The second-order valence-electron chi connectivity index (χ2n) is 19.6. The van der Waals surface area contributed by atoms with Gasteiger partial charge in [-0.15, -0.1) is 17.9 Å². The molecule has 0 spiro atoms. The van der Waals surface area contributed by atoms with Crippen molar-refractivity contribution in [1.29, 1.82) is 0 Å². The number of carbonyl (C=O) groups excluding carboxylic acids is 3. The molecule has 1 fully saturated rings. The molecule has 4 unspecified atom stereocenters. The highest BCUT2D eigenvalue weighted by molar-refractivity contribution is 7.13. The van der Waals surface area contributed by atoms with Crippen LogP contribution in [0.4, 0.5) is 17.3 Å². The van der Waals surface area contributed by atoms with Crippen LogP contribution in [-0.2, 0) is 27.3 Å². The van der Waals surface area contributed by atoms with E-state index in [1.165, 1.54) is 10.9 Å². The van der Waals surface area contributed by atoms with Crippen molar-refractivity contribution in [2.24, 2.45) is 5.41 Å². The van der Waals surface area contributed by atoms with E-state index in [-0.39, 0.29) is 35.9 Å². The molecule has 8 rings (SSSR count). The van der Waals surface area contributed by atoms with Gasteiger partial charge < -0.3 is 30.9 Å². The lowest BCUT2D eigenvalue weighted by Crippen LogP contribution is -2.57. The molecule has 1 aliphatic carbocycles. The van der Waals surface area contributed by atoms with Gasteiger partial charge in [0.05, 0.1) is 40.5 Å². The molecule has 0 bridgehead atoms. The zero-order valence-corrected chi connectivity index (χ0v) is 41.9. The molecule has 1 aliphatic heterocycles. The first-order valence-electron chi connectivity index (χ1n) is 24.4. The first kappa shape index (κ1) is 49.7. The summed E-state index contributed by atoms with van der Waals surface area (Å²) in [5.74, 6) is 0.244. The maximum absolute atomic E-state index is 14.1. The zero-order chi connectivity index (χ0) is 49.7. The van der Waals surface area contributed by atoms with E-state index in [9.17, 15) is 24.3 Å². The summed E-state index contributed by atoms with van der Waals surface area (Å²) in [5, 5.41) is 20.3. The van der Waals surface area contributed by atoms with Crippen molar-refractivity contribution in [3.8, 4) is 16.3 Å². The van der Waals surface area contributed by atoms with Crippen LogP contribution in [0.5, 0.6) is 0 Å². The number of fused-ring (bicyclic) bond motifs is 2. The molecule has 17 heteroatoms. The van der Waals surface area contributed by atoms with Crippen molar-refractivity contribution in [2.45, 2.75) is 123 Å². The summed E-state index contributed by atoms with van der Waals surface area (Å²) in [4.78, 5) is 77.8. The van der Waals surface area contributed by atoms with Gasteiger partial charge in [-0.3, -0.25) is 19.2 Å². The second-order valence-corrected chi connectivity index (χ2v) is 20.5. The molecule has 368 valence electrons. The van der Waals surface area contributed by atoms with Gasteiger partial charge in [-0.05, 0) is 105 Å². The number of hydrogen-bond acceptors (Lipinski definition) is 12. The van der Waals surface area contributed by atoms with E-state index in [1.807, 2.05) is 88.7 Å². The molecule has 6 aromatic rings. The lowest BCUT2D eigenvalue weighted by molar-refractivity contribution is -0.144. The number of unbranched alkanes of at least 4 members (excludes halogenated alkanes) is 3. The molecular formula is C53H65N11O5S. The number of thiazole rings is 1. The standard InChI is InChI=1S/C53H65N11O5S/c1-8-28-63-50(68)40-31-54-52(60-48(40)64(63)43-27-21-36-20-26-42(65)45(36)58-43)57-38-22-24-39(25-23-38)61(7)29-12-10-9-11-15-44(66)59-47(53(4,5)6)51(69)62-30-13-14-41(62)49(67)56-33(2)35-16-18-37(19-17-35)46-34(3)55-32-70-46/h8,16-19,21-25,27,31-33,41-42,47,65H,1,9-15,20,26,28-30H2,2-7H3,(H,56,67)(H,59,66)(H,54,57,60). The summed E-state index contributed by atoms with van der Waals surface area (Å²) < 4.78 is 3.18. The van der Waals surface area contributed by atoms with Gasteiger partial charge in [0.2, 0.25) is 23.7 Å². The van der Waals surface area contributed by atoms with Crippen LogP contribution < -0.4 is 26.4 Å². The van der Waals surface area contributed by atoms with Gasteiger partial charge in [-0.1, -0.05) is 70.0 Å². The van der Waals surface area contributed by atoms with Crippen molar-refractivity contribution in [3.05, 3.63) is 118 Å². The summed E-state index contributed by atoms with van der Waals surface area (Å²) in [6.45, 7) is 15.2. The highest BCUT2D eigenvalue weighted by Gasteiger charge is 2.42. The first-order valence-corrected chi connectivity index (χ1v) is 25.3. The Morgan fingerprint density at radius 1 is 0.971 bits per heavy atom. The molecule has 2 aromatic carbocycles. The number of rotatable bonds is 19. The molecule has 0 saturated carbocycles. The van der Waals surface area contributed by atoms with Crippen LogP contribution in [0, 0.1) is 12.3 Å². The van der Waals surface area contributed by atoms with E-state index in [0.717, 1.165) is 77.3 Å². The number of amides is 3. The monoisotopic (exact) mass is 967 g/mol. The quantitative estimate of drug-likeness (QED) is 0.0453. The number of pyridine rings is 1. The molecule has 4 aromatic heterocycles. The van der Waals surface area contributed by atoms with Gasteiger partial charge in [0, 0.05) is 44.1 Å². The Morgan fingerprint density at radius 2 is 1.73 bits per heavy atom. The Kier molecular flexibility index (Phi) is 15.3. The van der Waals surface area contributed by atoms with E-state index in [1.54, 1.807) is 27.0 Å². The largest absolute Gasteiger partial charge is 0.387 e. The average Bonchev–Trinajstić information content (AvgIpc) is 4.15. The Labute approximate surface area is 413 Å². The van der Waals surface area contributed by atoms with Crippen LogP contribution in [0.1, 0.15) is 114 Å². The molecule has 5 heterocycles. The zero-order valence-electron chi connectivity index (χ0n) is 41.1. The van der Waals surface area contributed by atoms with Crippen LogP contribution in [0.25, 0.3) is 27.3 Å². The summed E-state index contributed by atoms with van der Waals surface area (Å²) in [5.41, 5.74) is 7.92. The summed E-state index contributed by atoms with van der Waals surface area (Å²) in [6.07, 6.45) is 8.96. The molecule has 3 amide bonds.